The van der Waals surface area contributed by atoms with E-state index >= 15 is 19.2 Å². The van der Waals surface area contributed by atoms with E-state index in [0.717, 1.165) is 30.6 Å². The van der Waals surface area contributed by atoms with Crippen molar-refractivity contribution in [3.05, 3.63) is 207 Å². The highest BCUT2D eigenvalue weighted by atomic mass is 16.6. The number of aliphatic hydroxyl groups excluding tert-OH is 2. The number of rotatable bonds is 13. The Morgan fingerprint density at radius 1 is 0.816 bits per heavy atom. The smallest absolute Gasteiger partial charge is 0.421 e. The molecule has 4 N–H and O–H groups in total. The standard InChI is InChI=1S/C60H56N4O12/c65-34-35-74-49-23-13-12-22-45(49)54-60(46-36-39(30-33-59(71)31-14-1-2-15-32-59)26-29-47(46)62(57(60)69)58(70)75-38-40-24-27-44(28-25-40)64(72)73)50(55(67)61-37-48(66)41-16-6-3-7-17-41)52-56(68)76-53(43-20-10-5-11-21-43)51(63(52)54)42-18-8-4-9-19-42/h3-13,16-29,36,48,50-54,65-66,71H,1-2,14-15,31-32,34-35,37-38H2,(H,61,67)/t48-,50+,51+,52+,53-,54-,60+/m0/s1. The van der Waals surface area contributed by atoms with Gasteiger partial charge in [-0.1, -0.05) is 134 Å². The van der Waals surface area contributed by atoms with Gasteiger partial charge in [0.15, 0.2) is 0 Å². The Morgan fingerprint density at radius 2 is 1.46 bits per heavy atom. The molecule has 3 heterocycles. The van der Waals surface area contributed by atoms with Crippen molar-refractivity contribution in [3.8, 4) is 17.6 Å². The lowest BCUT2D eigenvalue weighted by atomic mass is 9.65. The van der Waals surface area contributed by atoms with Crippen LogP contribution in [0.25, 0.3) is 0 Å². The summed E-state index contributed by atoms with van der Waals surface area (Å²) in [6, 6.07) is 40.2. The number of amides is 3. The average molecular weight is 1030 g/mol. The van der Waals surface area contributed by atoms with E-state index in [4.69, 9.17) is 14.2 Å². The lowest BCUT2D eigenvalue weighted by Gasteiger charge is -2.46. The fourth-order valence-corrected chi connectivity index (χ4v) is 11.6. The Bertz CT molecular complexity index is 3180. The number of fused-ring (bicyclic) bond motifs is 3. The van der Waals surface area contributed by atoms with Crippen LogP contribution in [-0.4, -0.2) is 80.4 Å². The Hall–Kier alpha value is -8.20. The molecule has 0 radical (unpaired) electrons. The van der Waals surface area contributed by atoms with Crippen molar-refractivity contribution in [1.29, 1.82) is 0 Å². The maximum atomic E-state index is 16.8. The number of para-hydroxylation sites is 1. The quantitative estimate of drug-likeness (QED) is 0.0282. The lowest BCUT2D eigenvalue weighted by Crippen LogP contribution is -2.56. The number of esters is 1. The summed E-state index contributed by atoms with van der Waals surface area (Å²) < 4.78 is 18.8. The van der Waals surface area contributed by atoms with E-state index in [1.54, 1.807) is 66.7 Å². The highest BCUT2D eigenvalue weighted by Crippen LogP contribution is 2.66. The van der Waals surface area contributed by atoms with Crippen LogP contribution in [0.1, 0.15) is 102 Å². The maximum absolute atomic E-state index is 16.8. The van der Waals surface area contributed by atoms with Gasteiger partial charge in [0.25, 0.3) is 5.69 Å². The van der Waals surface area contributed by atoms with Gasteiger partial charge in [0.1, 0.15) is 42.1 Å². The summed E-state index contributed by atoms with van der Waals surface area (Å²) in [4.78, 5) is 77.0. The first-order chi connectivity index (χ1) is 36.9. The number of nitrogens with one attached hydrogen (secondary N) is 1. The van der Waals surface area contributed by atoms with E-state index < -0.39 is 82.7 Å². The second-order valence-corrected chi connectivity index (χ2v) is 19.6. The normalized spacial score (nSPS) is 23.0. The van der Waals surface area contributed by atoms with Crippen molar-refractivity contribution in [2.24, 2.45) is 5.92 Å². The number of benzene rings is 6. The molecule has 6 aromatic rings. The monoisotopic (exact) mass is 1020 g/mol. The van der Waals surface area contributed by atoms with Gasteiger partial charge in [-0.15, -0.1) is 0 Å². The van der Waals surface area contributed by atoms with E-state index in [1.165, 1.54) is 30.3 Å². The summed E-state index contributed by atoms with van der Waals surface area (Å²) in [5.41, 5.74) is -0.820. The van der Waals surface area contributed by atoms with Crippen LogP contribution in [-0.2, 0) is 35.9 Å². The van der Waals surface area contributed by atoms with E-state index in [-0.39, 0.29) is 42.4 Å². The molecule has 1 spiro atoms. The number of imide groups is 1. The van der Waals surface area contributed by atoms with Gasteiger partial charge in [0.05, 0.1) is 41.3 Å². The number of nitro groups is 1. The van der Waals surface area contributed by atoms with Gasteiger partial charge in [-0.05, 0) is 89.9 Å². The number of anilines is 1. The van der Waals surface area contributed by atoms with Gasteiger partial charge >= 0.3 is 12.1 Å². The van der Waals surface area contributed by atoms with Crippen molar-refractivity contribution >= 4 is 35.3 Å². The van der Waals surface area contributed by atoms with Crippen molar-refractivity contribution in [3.63, 3.8) is 0 Å². The number of carbonyl (C=O) groups excluding carboxylic acids is 4. The maximum Gasteiger partial charge on any atom is 0.421 e. The molecule has 6 aromatic carbocycles. The summed E-state index contributed by atoms with van der Waals surface area (Å²) >= 11 is 0. The highest BCUT2D eigenvalue weighted by Gasteiger charge is 2.76. The average Bonchev–Trinajstić information content (AvgIpc) is 3.95. The number of morpholine rings is 1. The van der Waals surface area contributed by atoms with Crippen LogP contribution in [0, 0.1) is 27.9 Å². The minimum Gasteiger partial charge on any atom is -0.491 e. The molecule has 1 saturated carbocycles. The van der Waals surface area contributed by atoms with Crippen LogP contribution in [0.3, 0.4) is 0 Å². The topological polar surface area (TPSA) is 218 Å². The van der Waals surface area contributed by atoms with Gasteiger partial charge in [0, 0.05) is 29.8 Å². The molecule has 3 amide bonds. The Morgan fingerprint density at radius 3 is 2.13 bits per heavy atom. The number of carbonyl (C=O) groups is 4. The zero-order valence-corrected chi connectivity index (χ0v) is 41.4. The van der Waals surface area contributed by atoms with Gasteiger partial charge in [-0.25, -0.2) is 9.69 Å². The van der Waals surface area contributed by atoms with Crippen LogP contribution in [0.4, 0.5) is 16.2 Å². The molecule has 76 heavy (non-hydrogen) atoms. The van der Waals surface area contributed by atoms with Gasteiger partial charge in [-0.2, -0.15) is 0 Å². The fourth-order valence-electron chi connectivity index (χ4n) is 11.6. The van der Waals surface area contributed by atoms with Crippen LogP contribution in [0.15, 0.2) is 158 Å². The SMILES string of the molecule is O=C1O[C@@H](c2ccccc2)[C@@H](c2ccccc2)N2[C@@H](c3ccccc3OCCO)[C@]3(C(=O)N(C(=O)OCc4ccc([N+](=O)[O-])cc4)c4ccc(C#CC5(O)CCCCCC5)cc43)[C@@H](C(=O)NC[C@H](O)c3ccccc3)[C@H]12. The first-order valence-electron chi connectivity index (χ1n) is 25.5. The third kappa shape index (κ3) is 9.70. The number of aliphatic hydroxyl groups is 3. The Balaban J connectivity index is 1.23. The zero-order valence-electron chi connectivity index (χ0n) is 41.4. The minimum atomic E-state index is -2.28. The van der Waals surface area contributed by atoms with Crippen LogP contribution >= 0.6 is 0 Å². The number of cyclic esters (lactones) is 1. The minimum absolute atomic E-state index is 0.0161. The molecule has 2 saturated heterocycles. The molecule has 3 aliphatic heterocycles. The van der Waals surface area contributed by atoms with Crippen LogP contribution in [0.5, 0.6) is 5.75 Å². The predicted octanol–water partition coefficient (Wildman–Crippen LogP) is 8.25. The number of ether oxygens (including phenoxy) is 3. The zero-order chi connectivity index (χ0) is 53.0. The molecule has 0 bridgehead atoms. The molecule has 0 aromatic heterocycles. The van der Waals surface area contributed by atoms with Crippen molar-refractivity contribution in [1.82, 2.24) is 10.2 Å². The molecule has 4 aliphatic rings. The Labute approximate surface area is 439 Å². The molecule has 7 atom stereocenters. The summed E-state index contributed by atoms with van der Waals surface area (Å²) in [7, 11) is 0. The summed E-state index contributed by atoms with van der Waals surface area (Å²) in [6.45, 7) is -1.32. The van der Waals surface area contributed by atoms with Gasteiger partial charge in [-0.3, -0.25) is 29.4 Å². The molecule has 10 rings (SSSR count). The summed E-state index contributed by atoms with van der Waals surface area (Å²) in [5.74, 6) is 2.16. The molecule has 16 heteroatoms. The molecular weight excluding hydrogens is 969 g/mol. The molecule has 16 nitrogen and oxygen atoms in total. The van der Waals surface area contributed by atoms with Crippen LogP contribution < -0.4 is 15.0 Å². The summed E-state index contributed by atoms with van der Waals surface area (Å²) in [5, 5.41) is 47.9. The van der Waals surface area contributed by atoms with Crippen molar-refractivity contribution < 1.29 is 53.6 Å². The third-order valence-corrected chi connectivity index (χ3v) is 15.0. The van der Waals surface area contributed by atoms with E-state index in [0.29, 0.717) is 46.2 Å². The van der Waals surface area contributed by atoms with Gasteiger partial charge < -0.3 is 34.8 Å². The largest absolute Gasteiger partial charge is 0.491 e. The number of hydrogen-bond acceptors (Lipinski definition) is 13. The molecule has 3 fully saturated rings. The van der Waals surface area contributed by atoms with E-state index in [2.05, 4.69) is 17.2 Å². The predicted molar refractivity (Wildman–Crippen MR) is 278 cm³/mol. The molecule has 1 aliphatic carbocycles. The first kappa shape index (κ1) is 51.3. The second kappa shape index (κ2) is 21.9. The molecule has 388 valence electrons. The number of nitrogens with zero attached hydrogens (tertiary/aromatic N) is 3. The highest BCUT2D eigenvalue weighted by molar-refractivity contribution is 6.23. The van der Waals surface area contributed by atoms with Crippen molar-refractivity contribution in [2.45, 2.75) is 86.5 Å². The first-order valence-corrected chi connectivity index (χ1v) is 25.5. The number of hydrogen-bond donors (Lipinski definition) is 4. The Kier molecular flexibility index (Phi) is 14.8. The van der Waals surface area contributed by atoms with E-state index in [9.17, 15) is 25.4 Å². The second-order valence-electron chi connectivity index (χ2n) is 19.6. The van der Waals surface area contributed by atoms with Gasteiger partial charge in [0.2, 0.25) is 11.8 Å². The number of non-ortho nitro benzene ring substituents is 1. The van der Waals surface area contributed by atoms with Crippen molar-refractivity contribution in [2.75, 3.05) is 24.7 Å². The fraction of sp³-hybridized carbons (Fsp3) is 0.300. The lowest BCUT2D eigenvalue weighted by molar-refractivity contribution is -0.384. The van der Waals surface area contributed by atoms with E-state index in [1.807, 2.05) is 65.6 Å². The molecular formula is C60H56N4O12. The molecule has 0 unspecified atom stereocenters. The summed E-state index contributed by atoms with van der Waals surface area (Å²) in [6.07, 6.45) is 0.957. The third-order valence-electron chi connectivity index (χ3n) is 15.0. The van der Waals surface area contributed by atoms with Crippen LogP contribution in [0.2, 0.25) is 0 Å². The number of nitro benzene ring substituents is 1.